The second kappa shape index (κ2) is 4.73. The van der Waals surface area contributed by atoms with Crippen molar-refractivity contribution in [1.82, 2.24) is 20.2 Å². The van der Waals surface area contributed by atoms with Crippen LogP contribution in [0.4, 0.5) is 5.82 Å². The van der Waals surface area contributed by atoms with Crippen LogP contribution in [0.2, 0.25) is 0 Å². The Bertz CT molecular complexity index is 671. The van der Waals surface area contributed by atoms with E-state index < -0.39 is 11.2 Å². The molecule has 0 bridgehead atoms. The molecule has 0 radical (unpaired) electrons. The van der Waals surface area contributed by atoms with Crippen molar-refractivity contribution < 1.29 is 0 Å². The number of aromatic amines is 2. The van der Waals surface area contributed by atoms with Crippen molar-refractivity contribution in [2.24, 2.45) is 0 Å². The fourth-order valence-corrected chi connectivity index (χ4v) is 2.59. The molecular weight excluding hydrogens is 254 g/mol. The Morgan fingerprint density at radius 2 is 2.06 bits per heavy atom. The molecule has 1 unspecified atom stereocenters. The first-order valence-corrected chi connectivity index (χ1v) is 6.18. The number of nitrogens with one attached hydrogen (secondary N) is 3. The number of thiazole rings is 1. The first kappa shape index (κ1) is 12.5. The Balaban J connectivity index is 2.26. The number of H-pyrrole nitrogens is 2. The molecule has 0 aromatic carbocycles. The summed E-state index contributed by atoms with van der Waals surface area (Å²) in [5, 5.41) is 9.78. The number of aromatic nitrogens is 4. The standard InChI is InChI=1S/C10H13N5O2S/c1-4-7(18-6(3)11-4)5(2)12-8-9(16)13-10(17)15-14-8/h5H,1-3H3,(H,12,14)(H2,13,15,16,17). The minimum Gasteiger partial charge on any atom is -0.357 e. The van der Waals surface area contributed by atoms with Gasteiger partial charge in [-0.15, -0.1) is 16.4 Å². The summed E-state index contributed by atoms with van der Waals surface area (Å²) >= 11 is 1.57. The van der Waals surface area contributed by atoms with Crippen molar-refractivity contribution in [2.45, 2.75) is 26.8 Å². The molecule has 0 saturated carbocycles. The van der Waals surface area contributed by atoms with Crippen molar-refractivity contribution >= 4 is 17.2 Å². The quantitative estimate of drug-likeness (QED) is 0.759. The second-order valence-electron chi connectivity index (χ2n) is 3.90. The van der Waals surface area contributed by atoms with E-state index >= 15 is 0 Å². The summed E-state index contributed by atoms with van der Waals surface area (Å²) in [5.41, 5.74) is -0.231. The van der Waals surface area contributed by atoms with E-state index in [0.29, 0.717) is 0 Å². The van der Waals surface area contributed by atoms with Gasteiger partial charge in [0.1, 0.15) is 0 Å². The van der Waals surface area contributed by atoms with E-state index in [0.717, 1.165) is 15.6 Å². The Hall–Kier alpha value is -1.96. The molecule has 2 aromatic heterocycles. The predicted octanol–water partition coefficient (Wildman–Crippen LogP) is 0.705. The van der Waals surface area contributed by atoms with E-state index in [1.54, 1.807) is 11.3 Å². The smallest absolute Gasteiger partial charge is 0.342 e. The van der Waals surface area contributed by atoms with Crippen LogP contribution in [0.15, 0.2) is 9.59 Å². The third kappa shape index (κ3) is 2.48. The van der Waals surface area contributed by atoms with Crippen LogP contribution in [0.5, 0.6) is 0 Å². The van der Waals surface area contributed by atoms with E-state index in [2.05, 4.69) is 25.5 Å². The zero-order valence-corrected chi connectivity index (χ0v) is 11.0. The number of hydrogen-bond donors (Lipinski definition) is 3. The third-order valence-corrected chi connectivity index (χ3v) is 3.65. The van der Waals surface area contributed by atoms with Gasteiger partial charge in [0.25, 0.3) is 5.56 Å². The third-order valence-electron chi connectivity index (χ3n) is 2.40. The Morgan fingerprint density at radius 1 is 1.33 bits per heavy atom. The van der Waals surface area contributed by atoms with Gasteiger partial charge in [-0.1, -0.05) is 0 Å². The van der Waals surface area contributed by atoms with Crippen LogP contribution in [-0.2, 0) is 0 Å². The van der Waals surface area contributed by atoms with Crippen LogP contribution in [0.25, 0.3) is 0 Å². The van der Waals surface area contributed by atoms with E-state index in [4.69, 9.17) is 0 Å². The first-order valence-electron chi connectivity index (χ1n) is 5.37. The van der Waals surface area contributed by atoms with Gasteiger partial charge in [0.2, 0.25) is 5.82 Å². The highest BCUT2D eigenvalue weighted by Gasteiger charge is 2.14. The van der Waals surface area contributed by atoms with Gasteiger partial charge in [-0.05, 0) is 20.8 Å². The SMILES string of the molecule is Cc1nc(C)c(C(C)Nc2n[nH]c(=O)[nH]c2=O)s1. The maximum absolute atomic E-state index is 11.5. The summed E-state index contributed by atoms with van der Waals surface area (Å²) in [6.45, 7) is 5.76. The summed E-state index contributed by atoms with van der Waals surface area (Å²) in [4.78, 5) is 29.8. The van der Waals surface area contributed by atoms with Crippen molar-refractivity contribution in [3.8, 4) is 0 Å². The summed E-state index contributed by atoms with van der Waals surface area (Å²) in [6.07, 6.45) is 0. The maximum atomic E-state index is 11.5. The van der Waals surface area contributed by atoms with Gasteiger partial charge in [0, 0.05) is 4.88 Å². The monoisotopic (exact) mass is 267 g/mol. The van der Waals surface area contributed by atoms with Crippen LogP contribution < -0.4 is 16.6 Å². The molecule has 0 aliphatic heterocycles. The molecule has 0 aliphatic rings. The Morgan fingerprint density at radius 3 is 2.61 bits per heavy atom. The molecule has 1 atom stereocenters. The molecule has 8 heteroatoms. The molecule has 3 N–H and O–H groups in total. The van der Waals surface area contributed by atoms with Gasteiger partial charge in [0.15, 0.2) is 0 Å². The zero-order valence-electron chi connectivity index (χ0n) is 10.2. The van der Waals surface area contributed by atoms with Crippen molar-refractivity contribution in [1.29, 1.82) is 0 Å². The first-order chi connectivity index (χ1) is 8.47. The molecule has 0 fully saturated rings. The topological polar surface area (TPSA) is 104 Å². The normalized spacial score (nSPS) is 12.4. The molecule has 2 aromatic rings. The molecule has 2 rings (SSSR count). The van der Waals surface area contributed by atoms with Crippen LogP contribution in [0.3, 0.4) is 0 Å². The summed E-state index contributed by atoms with van der Waals surface area (Å²) in [5.74, 6) is 0.0903. The Kier molecular flexibility index (Phi) is 3.28. The van der Waals surface area contributed by atoms with E-state index in [1.165, 1.54) is 0 Å². The molecule has 2 heterocycles. The molecular formula is C10H13N5O2S. The fourth-order valence-electron chi connectivity index (χ4n) is 1.66. The van der Waals surface area contributed by atoms with Crippen LogP contribution >= 0.6 is 11.3 Å². The zero-order chi connectivity index (χ0) is 13.3. The lowest BCUT2D eigenvalue weighted by Gasteiger charge is -2.11. The van der Waals surface area contributed by atoms with Gasteiger partial charge < -0.3 is 5.32 Å². The average Bonchev–Trinajstić information content (AvgIpc) is 2.62. The van der Waals surface area contributed by atoms with E-state index in [-0.39, 0.29) is 11.9 Å². The minimum atomic E-state index is -0.622. The summed E-state index contributed by atoms with van der Waals surface area (Å²) in [7, 11) is 0. The lowest BCUT2D eigenvalue weighted by atomic mass is 10.2. The molecule has 18 heavy (non-hydrogen) atoms. The maximum Gasteiger partial charge on any atom is 0.342 e. The van der Waals surface area contributed by atoms with Gasteiger partial charge in [-0.25, -0.2) is 14.9 Å². The van der Waals surface area contributed by atoms with Crippen LogP contribution in [0.1, 0.15) is 28.5 Å². The summed E-state index contributed by atoms with van der Waals surface area (Å²) in [6, 6.07) is -0.101. The van der Waals surface area contributed by atoms with E-state index in [9.17, 15) is 9.59 Å². The molecule has 0 saturated heterocycles. The highest BCUT2D eigenvalue weighted by atomic mass is 32.1. The lowest BCUT2D eigenvalue weighted by Crippen LogP contribution is -2.27. The highest BCUT2D eigenvalue weighted by Crippen LogP contribution is 2.25. The largest absolute Gasteiger partial charge is 0.357 e. The minimum absolute atomic E-state index is 0.0903. The number of rotatable bonds is 3. The highest BCUT2D eigenvalue weighted by molar-refractivity contribution is 7.11. The van der Waals surface area contributed by atoms with Crippen molar-refractivity contribution in [3.63, 3.8) is 0 Å². The average molecular weight is 267 g/mol. The van der Waals surface area contributed by atoms with Crippen molar-refractivity contribution in [2.75, 3.05) is 5.32 Å². The number of hydrogen-bond acceptors (Lipinski definition) is 6. The van der Waals surface area contributed by atoms with Crippen molar-refractivity contribution in [3.05, 3.63) is 36.4 Å². The van der Waals surface area contributed by atoms with Gasteiger partial charge >= 0.3 is 5.69 Å². The van der Waals surface area contributed by atoms with Gasteiger partial charge in [-0.3, -0.25) is 9.78 Å². The summed E-state index contributed by atoms with van der Waals surface area (Å²) < 4.78 is 0. The Labute approximate surface area is 106 Å². The van der Waals surface area contributed by atoms with E-state index in [1.807, 2.05) is 20.8 Å². The number of nitrogens with zero attached hydrogens (tertiary/aromatic N) is 2. The molecule has 0 amide bonds. The predicted molar refractivity (Wildman–Crippen MR) is 69.1 cm³/mol. The van der Waals surface area contributed by atoms with Crippen LogP contribution in [0, 0.1) is 13.8 Å². The molecule has 7 nitrogen and oxygen atoms in total. The lowest BCUT2D eigenvalue weighted by molar-refractivity contribution is 0.829. The van der Waals surface area contributed by atoms with Gasteiger partial charge in [0.05, 0.1) is 16.7 Å². The fraction of sp³-hybridized carbons (Fsp3) is 0.400. The molecule has 0 spiro atoms. The molecule has 0 aliphatic carbocycles. The van der Waals surface area contributed by atoms with Gasteiger partial charge in [-0.2, -0.15) is 0 Å². The van der Waals surface area contributed by atoms with Crippen LogP contribution in [-0.4, -0.2) is 20.2 Å². The second-order valence-corrected chi connectivity index (χ2v) is 5.14. The number of aryl methyl sites for hydroxylation is 2. The number of anilines is 1. The molecule has 96 valence electrons.